The van der Waals surface area contributed by atoms with Crippen LogP contribution in [0.2, 0.25) is 0 Å². The van der Waals surface area contributed by atoms with Gasteiger partial charge in [-0.25, -0.2) is 0 Å². The molecule has 0 aromatic heterocycles. The molecule has 3 heterocycles. The van der Waals surface area contributed by atoms with Crippen molar-refractivity contribution in [1.82, 2.24) is 14.7 Å². The van der Waals surface area contributed by atoms with Crippen LogP contribution in [0.1, 0.15) is 58.3 Å². The van der Waals surface area contributed by atoms with Crippen LogP contribution in [0, 0.1) is 11.3 Å². The summed E-state index contributed by atoms with van der Waals surface area (Å²) in [7, 11) is 2.30. The lowest BCUT2D eigenvalue weighted by atomic mass is 9.65. The molecule has 4 rings (SSSR count). The summed E-state index contributed by atoms with van der Waals surface area (Å²) in [5.41, 5.74) is 0.736. The van der Waals surface area contributed by atoms with E-state index in [0.29, 0.717) is 0 Å². The Hall–Kier alpha value is -0.120. The average molecular weight is 320 g/mol. The molecule has 4 fully saturated rings. The largest absolute Gasteiger partial charge is 0.305 e. The fraction of sp³-hybridized carbons (Fsp3) is 1.00. The fourth-order valence-electron chi connectivity index (χ4n) is 5.81. The Labute approximate surface area is 143 Å². The van der Waals surface area contributed by atoms with Crippen LogP contribution in [0.4, 0.5) is 0 Å². The van der Waals surface area contributed by atoms with Gasteiger partial charge < -0.3 is 4.90 Å². The molecule has 3 heteroatoms. The Bertz CT molecular complexity index is 394. The zero-order chi connectivity index (χ0) is 15.9. The number of piperidine rings is 2. The maximum atomic E-state index is 2.86. The third-order valence-electron chi connectivity index (χ3n) is 7.47. The molecular formula is C20H37N3. The quantitative estimate of drug-likeness (QED) is 0.774. The van der Waals surface area contributed by atoms with E-state index in [1.807, 2.05) is 0 Å². The number of nitrogens with zero attached hydrogens (tertiary/aromatic N) is 3. The van der Waals surface area contributed by atoms with Gasteiger partial charge in [0.25, 0.3) is 0 Å². The summed E-state index contributed by atoms with van der Waals surface area (Å²) in [4.78, 5) is 8.24. The fourth-order valence-corrected chi connectivity index (χ4v) is 5.81. The van der Waals surface area contributed by atoms with Crippen molar-refractivity contribution in [3.8, 4) is 0 Å². The van der Waals surface area contributed by atoms with E-state index in [1.165, 1.54) is 90.6 Å². The summed E-state index contributed by atoms with van der Waals surface area (Å²) in [5.74, 6) is 0.989. The van der Waals surface area contributed by atoms with Crippen molar-refractivity contribution in [2.45, 2.75) is 70.4 Å². The Morgan fingerprint density at radius 2 is 1.43 bits per heavy atom. The minimum atomic E-state index is 0.736. The van der Waals surface area contributed by atoms with Gasteiger partial charge in [0.15, 0.2) is 0 Å². The van der Waals surface area contributed by atoms with Crippen molar-refractivity contribution in [3.05, 3.63) is 0 Å². The monoisotopic (exact) mass is 319 g/mol. The van der Waals surface area contributed by atoms with E-state index in [0.717, 1.165) is 23.4 Å². The zero-order valence-corrected chi connectivity index (χ0v) is 15.5. The van der Waals surface area contributed by atoms with E-state index in [9.17, 15) is 0 Å². The summed E-state index contributed by atoms with van der Waals surface area (Å²) in [6, 6.07) is 1.70. The second kappa shape index (κ2) is 6.65. The van der Waals surface area contributed by atoms with Gasteiger partial charge in [0, 0.05) is 38.3 Å². The molecule has 3 saturated heterocycles. The summed E-state index contributed by atoms with van der Waals surface area (Å²) in [6.45, 7) is 10.6. The molecule has 23 heavy (non-hydrogen) atoms. The SMILES string of the molecule is CC1CCC2(CC1)CN(C1CCCN(C3CCCN(C)C3)C1)C2. The van der Waals surface area contributed by atoms with Crippen molar-refractivity contribution in [3.63, 3.8) is 0 Å². The lowest BCUT2D eigenvalue weighted by Gasteiger charge is -2.57. The minimum Gasteiger partial charge on any atom is -0.305 e. The number of rotatable bonds is 2. The normalized spacial score (nSPS) is 37.8. The van der Waals surface area contributed by atoms with E-state index in [2.05, 4.69) is 28.7 Å². The summed E-state index contributed by atoms with van der Waals surface area (Å²) >= 11 is 0. The van der Waals surface area contributed by atoms with E-state index in [4.69, 9.17) is 0 Å². The van der Waals surface area contributed by atoms with E-state index < -0.39 is 0 Å². The van der Waals surface area contributed by atoms with E-state index >= 15 is 0 Å². The minimum absolute atomic E-state index is 0.736. The van der Waals surface area contributed by atoms with Gasteiger partial charge in [0.2, 0.25) is 0 Å². The summed E-state index contributed by atoms with van der Waals surface area (Å²) in [6.07, 6.45) is 11.7. The first kappa shape index (κ1) is 16.4. The van der Waals surface area contributed by atoms with Crippen molar-refractivity contribution in [2.24, 2.45) is 11.3 Å². The smallest absolute Gasteiger partial charge is 0.0224 e. The zero-order valence-electron chi connectivity index (χ0n) is 15.5. The molecule has 0 aromatic rings. The molecule has 1 spiro atoms. The average Bonchev–Trinajstić information content (AvgIpc) is 2.54. The molecular weight excluding hydrogens is 282 g/mol. The highest BCUT2D eigenvalue weighted by molar-refractivity contribution is 5.01. The van der Waals surface area contributed by atoms with Gasteiger partial charge in [-0.1, -0.05) is 19.8 Å². The molecule has 0 bridgehead atoms. The molecule has 4 aliphatic rings. The summed E-state index contributed by atoms with van der Waals surface area (Å²) in [5, 5.41) is 0. The van der Waals surface area contributed by atoms with Crippen LogP contribution in [0.25, 0.3) is 0 Å². The lowest BCUT2D eigenvalue weighted by Crippen LogP contribution is -2.64. The van der Waals surface area contributed by atoms with Gasteiger partial charge in [0.1, 0.15) is 0 Å². The van der Waals surface area contributed by atoms with Crippen LogP contribution >= 0.6 is 0 Å². The van der Waals surface area contributed by atoms with Gasteiger partial charge in [-0.3, -0.25) is 9.80 Å². The van der Waals surface area contributed by atoms with Crippen LogP contribution in [0.15, 0.2) is 0 Å². The van der Waals surface area contributed by atoms with Gasteiger partial charge in [-0.2, -0.15) is 0 Å². The molecule has 0 N–H and O–H groups in total. The Kier molecular flexibility index (Phi) is 4.73. The first-order valence-corrected chi connectivity index (χ1v) is 10.3. The molecule has 2 atom stereocenters. The van der Waals surface area contributed by atoms with E-state index in [1.54, 1.807) is 0 Å². The molecule has 3 nitrogen and oxygen atoms in total. The van der Waals surface area contributed by atoms with Crippen molar-refractivity contribution < 1.29 is 0 Å². The molecule has 0 radical (unpaired) electrons. The Balaban J connectivity index is 1.29. The van der Waals surface area contributed by atoms with Crippen molar-refractivity contribution in [2.75, 3.05) is 46.3 Å². The molecule has 2 unspecified atom stereocenters. The van der Waals surface area contributed by atoms with Gasteiger partial charge in [-0.05, 0) is 70.0 Å². The van der Waals surface area contributed by atoms with Gasteiger partial charge in [-0.15, -0.1) is 0 Å². The number of hydrogen-bond donors (Lipinski definition) is 0. The molecule has 1 saturated carbocycles. The first-order chi connectivity index (χ1) is 11.1. The predicted octanol–water partition coefficient (Wildman–Crippen LogP) is 3.06. The maximum absolute atomic E-state index is 2.86. The highest BCUT2D eigenvalue weighted by atomic mass is 15.3. The number of hydrogen-bond acceptors (Lipinski definition) is 3. The molecule has 1 aliphatic carbocycles. The Morgan fingerprint density at radius 1 is 0.783 bits per heavy atom. The maximum Gasteiger partial charge on any atom is 0.0224 e. The van der Waals surface area contributed by atoms with E-state index in [-0.39, 0.29) is 0 Å². The van der Waals surface area contributed by atoms with Crippen LogP contribution in [0.5, 0.6) is 0 Å². The molecule has 132 valence electrons. The second-order valence-corrected chi connectivity index (χ2v) is 9.44. The Morgan fingerprint density at radius 3 is 2.13 bits per heavy atom. The lowest BCUT2D eigenvalue weighted by molar-refractivity contribution is -0.0814. The standard InChI is InChI=1S/C20H37N3/c1-17-7-9-20(10-8-17)15-23(16-20)19-6-4-12-22(14-19)18-5-3-11-21(2)13-18/h17-19H,3-16H2,1-2H3. The molecule has 3 aliphatic heterocycles. The highest BCUT2D eigenvalue weighted by Crippen LogP contribution is 2.46. The summed E-state index contributed by atoms with van der Waals surface area (Å²) < 4.78 is 0. The highest BCUT2D eigenvalue weighted by Gasteiger charge is 2.47. The number of likely N-dealkylation sites (tertiary alicyclic amines) is 3. The van der Waals surface area contributed by atoms with Crippen LogP contribution in [-0.4, -0.2) is 73.1 Å². The predicted molar refractivity (Wildman–Crippen MR) is 96.8 cm³/mol. The van der Waals surface area contributed by atoms with Crippen molar-refractivity contribution >= 4 is 0 Å². The molecule has 0 amide bonds. The van der Waals surface area contributed by atoms with Crippen LogP contribution < -0.4 is 0 Å². The van der Waals surface area contributed by atoms with Crippen LogP contribution in [-0.2, 0) is 0 Å². The topological polar surface area (TPSA) is 9.72 Å². The third-order valence-corrected chi connectivity index (χ3v) is 7.47. The number of likely N-dealkylation sites (N-methyl/N-ethyl adjacent to an activating group) is 1. The first-order valence-electron chi connectivity index (χ1n) is 10.3. The molecule has 0 aromatic carbocycles. The van der Waals surface area contributed by atoms with Crippen molar-refractivity contribution in [1.29, 1.82) is 0 Å². The third kappa shape index (κ3) is 3.48. The van der Waals surface area contributed by atoms with Gasteiger partial charge >= 0.3 is 0 Å². The second-order valence-electron chi connectivity index (χ2n) is 9.44. The van der Waals surface area contributed by atoms with Gasteiger partial charge in [0.05, 0.1) is 0 Å². The van der Waals surface area contributed by atoms with Crippen LogP contribution in [0.3, 0.4) is 0 Å².